The molecule has 5 nitrogen and oxygen atoms in total. The minimum atomic E-state index is -0.395. The van der Waals surface area contributed by atoms with Crippen LogP contribution in [0.5, 0.6) is 5.75 Å². The SMILES string of the molecule is CCCNC1CC(Oc2ccc([N+](=O)[O-])cc2)C1(C)CC. The first-order valence-corrected chi connectivity index (χ1v) is 7.65. The van der Waals surface area contributed by atoms with Gasteiger partial charge in [0.25, 0.3) is 5.69 Å². The van der Waals surface area contributed by atoms with Crippen LogP contribution in [0.25, 0.3) is 0 Å². The maximum Gasteiger partial charge on any atom is 0.269 e. The van der Waals surface area contributed by atoms with E-state index < -0.39 is 4.92 Å². The minimum Gasteiger partial charge on any atom is -0.490 e. The summed E-state index contributed by atoms with van der Waals surface area (Å²) >= 11 is 0. The summed E-state index contributed by atoms with van der Waals surface area (Å²) in [5.74, 6) is 0.708. The molecule has 1 saturated carbocycles. The molecule has 3 unspecified atom stereocenters. The van der Waals surface area contributed by atoms with Gasteiger partial charge in [0.05, 0.1) is 4.92 Å². The van der Waals surface area contributed by atoms with Crippen LogP contribution in [0.4, 0.5) is 5.69 Å². The third kappa shape index (κ3) is 3.18. The first kappa shape index (κ1) is 15.8. The van der Waals surface area contributed by atoms with Crippen molar-refractivity contribution < 1.29 is 9.66 Å². The number of nitro groups is 1. The summed E-state index contributed by atoms with van der Waals surface area (Å²) < 4.78 is 6.04. The van der Waals surface area contributed by atoms with Gasteiger partial charge < -0.3 is 10.1 Å². The molecule has 0 aliphatic heterocycles. The molecule has 3 atom stereocenters. The fourth-order valence-corrected chi connectivity index (χ4v) is 2.92. The van der Waals surface area contributed by atoms with E-state index in [1.165, 1.54) is 12.1 Å². The second-order valence-corrected chi connectivity index (χ2v) is 5.96. The largest absolute Gasteiger partial charge is 0.490 e. The third-order valence-electron chi connectivity index (χ3n) is 4.71. The van der Waals surface area contributed by atoms with Crippen molar-refractivity contribution in [2.45, 2.75) is 52.2 Å². The van der Waals surface area contributed by atoms with Gasteiger partial charge in [0.15, 0.2) is 0 Å². The van der Waals surface area contributed by atoms with Gasteiger partial charge in [0, 0.05) is 30.0 Å². The van der Waals surface area contributed by atoms with E-state index >= 15 is 0 Å². The number of hydrogen-bond acceptors (Lipinski definition) is 4. The van der Waals surface area contributed by atoms with Crippen LogP contribution in [0, 0.1) is 15.5 Å². The Morgan fingerprint density at radius 3 is 2.57 bits per heavy atom. The maximum absolute atomic E-state index is 10.7. The summed E-state index contributed by atoms with van der Waals surface area (Å²) in [5, 5.41) is 14.2. The van der Waals surface area contributed by atoms with Crippen molar-refractivity contribution in [3.05, 3.63) is 34.4 Å². The molecule has 0 saturated heterocycles. The van der Waals surface area contributed by atoms with Gasteiger partial charge in [-0.1, -0.05) is 20.8 Å². The van der Waals surface area contributed by atoms with Crippen LogP contribution >= 0.6 is 0 Å². The molecule has 1 aromatic carbocycles. The van der Waals surface area contributed by atoms with Crippen molar-refractivity contribution in [2.24, 2.45) is 5.41 Å². The molecule has 1 aromatic rings. The number of nitrogens with zero attached hydrogens (tertiary/aromatic N) is 1. The summed E-state index contributed by atoms with van der Waals surface area (Å²) in [6.07, 6.45) is 3.33. The molecule has 0 bridgehead atoms. The van der Waals surface area contributed by atoms with E-state index in [1.807, 2.05) is 0 Å². The summed E-state index contributed by atoms with van der Waals surface area (Å²) in [6.45, 7) is 7.64. The smallest absolute Gasteiger partial charge is 0.269 e. The second kappa shape index (κ2) is 6.43. The van der Waals surface area contributed by atoms with Crippen molar-refractivity contribution in [1.29, 1.82) is 0 Å². The van der Waals surface area contributed by atoms with Gasteiger partial charge >= 0.3 is 0 Å². The molecule has 1 aliphatic rings. The quantitative estimate of drug-likeness (QED) is 0.617. The standard InChI is InChI=1S/C16H24N2O3/c1-4-10-17-14-11-15(16(14,3)5-2)21-13-8-6-12(7-9-13)18(19)20/h6-9,14-15,17H,4-5,10-11H2,1-3H3. The molecule has 1 aliphatic carbocycles. The van der Waals surface area contributed by atoms with E-state index in [4.69, 9.17) is 4.74 Å². The van der Waals surface area contributed by atoms with Gasteiger partial charge in [-0.25, -0.2) is 0 Å². The Morgan fingerprint density at radius 1 is 1.38 bits per heavy atom. The average Bonchev–Trinajstić information content (AvgIpc) is 2.49. The number of non-ortho nitro benzene ring substituents is 1. The van der Waals surface area contributed by atoms with Crippen LogP contribution in [-0.2, 0) is 0 Å². The lowest BCUT2D eigenvalue weighted by Crippen LogP contribution is -2.63. The van der Waals surface area contributed by atoms with Crippen LogP contribution in [0.1, 0.15) is 40.0 Å². The number of ether oxygens (including phenoxy) is 1. The molecular weight excluding hydrogens is 268 g/mol. The lowest BCUT2D eigenvalue weighted by Gasteiger charge is -2.53. The molecule has 0 aromatic heterocycles. The normalized spacial score (nSPS) is 28.0. The van der Waals surface area contributed by atoms with E-state index in [9.17, 15) is 10.1 Å². The molecule has 0 radical (unpaired) electrons. The maximum atomic E-state index is 10.7. The highest BCUT2D eigenvalue weighted by molar-refractivity contribution is 5.36. The van der Waals surface area contributed by atoms with Gasteiger partial charge in [-0.15, -0.1) is 0 Å². The van der Waals surface area contributed by atoms with Gasteiger partial charge in [0.2, 0.25) is 0 Å². The first-order valence-electron chi connectivity index (χ1n) is 7.65. The zero-order valence-corrected chi connectivity index (χ0v) is 13.0. The van der Waals surface area contributed by atoms with E-state index in [0.29, 0.717) is 11.8 Å². The zero-order chi connectivity index (χ0) is 15.5. The lowest BCUT2D eigenvalue weighted by atomic mass is 9.61. The molecule has 21 heavy (non-hydrogen) atoms. The Morgan fingerprint density at radius 2 is 2.05 bits per heavy atom. The summed E-state index contributed by atoms with van der Waals surface area (Å²) in [6, 6.07) is 6.83. The molecular formula is C16H24N2O3. The Kier molecular flexibility index (Phi) is 4.83. The third-order valence-corrected chi connectivity index (χ3v) is 4.71. The molecule has 0 spiro atoms. The first-order chi connectivity index (χ1) is 10.0. The summed E-state index contributed by atoms with van der Waals surface area (Å²) in [5.41, 5.74) is 0.216. The highest BCUT2D eigenvalue weighted by atomic mass is 16.6. The predicted octanol–water partition coefficient (Wildman–Crippen LogP) is 3.53. The van der Waals surface area contributed by atoms with Crippen molar-refractivity contribution in [3.8, 4) is 5.75 Å². The highest BCUT2D eigenvalue weighted by Crippen LogP contribution is 2.46. The summed E-state index contributed by atoms with van der Waals surface area (Å²) in [7, 11) is 0. The molecule has 0 heterocycles. The number of nitro benzene ring substituents is 1. The molecule has 2 rings (SSSR count). The monoisotopic (exact) mass is 292 g/mol. The fourth-order valence-electron chi connectivity index (χ4n) is 2.92. The van der Waals surface area contributed by atoms with Gasteiger partial charge in [0.1, 0.15) is 11.9 Å². The molecule has 1 fully saturated rings. The molecule has 116 valence electrons. The summed E-state index contributed by atoms with van der Waals surface area (Å²) in [4.78, 5) is 10.3. The lowest BCUT2D eigenvalue weighted by molar-refractivity contribution is -0.384. The Balaban J connectivity index is 1.98. The van der Waals surface area contributed by atoms with Crippen molar-refractivity contribution in [3.63, 3.8) is 0 Å². The van der Waals surface area contributed by atoms with Crippen LogP contribution in [0.2, 0.25) is 0 Å². The van der Waals surface area contributed by atoms with E-state index in [0.717, 1.165) is 25.8 Å². The second-order valence-electron chi connectivity index (χ2n) is 5.96. The van der Waals surface area contributed by atoms with Crippen LogP contribution < -0.4 is 10.1 Å². The Hall–Kier alpha value is -1.62. The number of nitrogens with one attached hydrogen (secondary N) is 1. The van der Waals surface area contributed by atoms with Crippen molar-refractivity contribution in [2.75, 3.05) is 6.54 Å². The number of hydrogen-bond donors (Lipinski definition) is 1. The molecule has 5 heteroatoms. The number of rotatable bonds is 7. The Bertz CT molecular complexity index is 489. The molecule has 1 N–H and O–H groups in total. The van der Waals surface area contributed by atoms with Crippen molar-refractivity contribution >= 4 is 5.69 Å². The van der Waals surface area contributed by atoms with E-state index in [1.54, 1.807) is 12.1 Å². The number of benzene rings is 1. The van der Waals surface area contributed by atoms with Crippen LogP contribution in [0.3, 0.4) is 0 Å². The topological polar surface area (TPSA) is 64.4 Å². The highest BCUT2D eigenvalue weighted by Gasteiger charge is 2.51. The van der Waals surface area contributed by atoms with Gasteiger partial charge in [-0.05, 0) is 31.5 Å². The van der Waals surface area contributed by atoms with Crippen LogP contribution in [-0.4, -0.2) is 23.6 Å². The van der Waals surface area contributed by atoms with Gasteiger partial charge in [-0.2, -0.15) is 0 Å². The average molecular weight is 292 g/mol. The van der Waals surface area contributed by atoms with Crippen LogP contribution in [0.15, 0.2) is 24.3 Å². The van der Waals surface area contributed by atoms with Gasteiger partial charge in [-0.3, -0.25) is 10.1 Å². The zero-order valence-electron chi connectivity index (χ0n) is 13.0. The van der Waals surface area contributed by atoms with E-state index in [-0.39, 0.29) is 17.2 Å². The fraction of sp³-hybridized carbons (Fsp3) is 0.625. The van der Waals surface area contributed by atoms with Crippen molar-refractivity contribution in [1.82, 2.24) is 5.32 Å². The predicted molar refractivity (Wildman–Crippen MR) is 82.6 cm³/mol. The minimum absolute atomic E-state index is 0.0942. The van der Waals surface area contributed by atoms with E-state index in [2.05, 4.69) is 26.1 Å². The Labute approximate surface area is 125 Å². The molecule has 0 amide bonds.